The first-order valence-corrected chi connectivity index (χ1v) is 8.64. The number of benzene rings is 2. The minimum Gasteiger partial charge on any atom is -0.454 e. The molecule has 2 aromatic rings. The lowest BCUT2D eigenvalue weighted by Crippen LogP contribution is -2.51. The van der Waals surface area contributed by atoms with Crippen molar-refractivity contribution in [2.45, 2.75) is 26.4 Å². The Morgan fingerprint density at radius 3 is 2.67 bits per heavy atom. The number of ether oxygens (including phenoxy) is 2. The molecule has 24 heavy (non-hydrogen) atoms. The smallest absolute Gasteiger partial charge is 0.231 e. The van der Waals surface area contributed by atoms with Gasteiger partial charge < -0.3 is 14.4 Å². The summed E-state index contributed by atoms with van der Waals surface area (Å²) in [7, 11) is 0. The average Bonchev–Trinajstić information content (AvgIpc) is 3.06. The zero-order chi connectivity index (χ0) is 16.5. The van der Waals surface area contributed by atoms with Crippen molar-refractivity contribution in [1.82, 2.24) is 4.90 Å². The number of hydrogen-bond donors (Lipinski definition) is 0. The van der Waals surface area contributed by atoms with Crippen LogP contribution in [0.2, 0.25) is 0 Å². The Balaban J connectivity index is 1.44. The number of hydrogen-bond acceptors (Lipinski definition) is 4. The number of fused-ring (bicyclic) bond motifs is 1. The molecule has 4 nitrogen and oxygen atoms in total. The molecule has 1 unspecified atom stereocenters. The predicted octanol–water partition coefficient (Wildman–Crippen LogP) is 3.43. The topological polar surface area (TPSA) is 24.9 Å². The van der Waals surface area contributed by atoms with Gasteiger partial charge >= 0.3 is 0 Å². The summed E-state index contributed by atoms with van der Waals surface area (Å²) < 4.78 is 11.1. The Morgan fingerprint density at radius 1 is 1.04 bits per heavy atom. The summed E-state index contributed by atoms with van der Waals surface area (Å²) in [4.78, 5) is 5.01. The molecule has 0 amide bonds. The van der Waals surface area contributed by atoms with Crippen LogP contribution in [0.4, 0.5) is 5.69 Å². The van der Waals surface area contributed by atoms with Gasteiger partial charge in [0.1, 0.15) is 0 Å². The maximum absolute atomic E-state index is 5.64. The molecule has 0 radical (unpaired) electrons. The summed E-state index contributed by atoms with van der Waals surface area (Å²) in [5, 5.41) is 0. The molecule has 1 saturated heterocycles. The van der Waals surface area contributed by atoms with Crippen LogP contribution >= 0.6 is 0 Å². The van der Waals surface area contributed by atoms with Crippen LogP contribution in [0.15, 0.2) is 42.5 Å². The van der Waals surface area contributed by atoms with E-state index in [0.717, 1.165) is 37.7 Å². The summed E-state index contributed by atoms with van der Waals surface area (Å²) in [6.45, 7) is 8.86. The van der Waals surface area contributed by atoms with Gasteiger partial charge in [-0.1, -0.05) is 29.8 Å². The second-order valence-corrected chi connectivity index (χ2v) is 6.76. The first kappa shape index (κ1) is 15.3. The van der Waals surface area contributed by atoms with Gasteiger partial charge in [0.25, 0.3) is 0 Å². The molecule has 2 aromatic carbocycles. The van der Waals surface area contributed by atoms with Crippen LogP contribution in [0, 0.1) is 6.92 Å². The summed E-state index contributed by atoms with van der Waals surface area (Å²) in [5.74, 6) is 1.80. The van der Waals surface area contributed by atoms with Gasteiger partial charge in [-0.3, -0.25) is 4.90 Å². The molecule has 0 bridgehead atoms. The Morgan fingerprint density at radius 2 is 1.88 bits per heavy atom. The first-order valence-electron chi connectivity index (χ1n) is 8.64. The highest BCUT2D eigenvalue weighted by Gasteiger charge is 2.26. The molecular weight excluding hydrogens is 300 g/mol. The van der Waals surface area contributed by atoms with Crippen LogP contribution in [0.25, 0.3) is 0 Å². The van der Waals surface area contributed by atoms with Gasteiger partial charge in [0.05, 0.1) is 0 Å². The SMILES string of the molecule is Cc1ccc(N2CCN(Cc3cccc4c3OCO4)CC2C)cc1. The van der Waals surface area contributed by atoms with E-state index in [1.54, 1.807) is 0 Å². The van der Waals surface area contributed by atoms with Crippen molar-refractivity contribution < 1.29 is 9.47 Å². The molecular formula is C20H24N2O2. The van der Waals surface area contributed by atoms with Crippen LogP contribution in [0.5, 0.6) is 11.5 Å². The van der Waals surface area contributed by atoms with Crippen molar-refractivity contribution in [1.29, 1.82) is 0 Å². The summed E-state index contributed by atoms with van der Waals surface area (Å²) >= 11 is 0. The van der Waals surface area contributed by atoms with Gasteiger partial charge in [-0.25, -0.2) is 0 Å². The molecule has 1 fully saturated rings. The van der Waals surface area contributed by atoms with Crippen LogP contribution < -0.4 is 14.4 Å². The van der Waals surface area contributed by atoms with E-state index in [9.17, 15) is 0 Å². The number of nitrogens with zero attached hydrogens (tertiary/aromatic N) is 2. The van der Waals surface area contributed by atoms with E-state index in [2.05, 4.69) is 60.0 Å². The third-order valence-corrected chi connectivity index (χ3v) is 4.95. The molecule has 0 aliphatic carbocycles. The van der Waals surface area contributed by atoms with E-state index in [1.165, 1.54) is 16.8 Å². The third kappa shape index (κ3) is 2.94. The number of piperazine rings is 1. The van der Waals surface area contributed by atoms with Crippen molar-refractivity contribution in [3.05, 3.63) is 53.6 Å². The molecule has 0 N–H and O–H groups in total. The molecule has 0 saturated carbocycles. The van der Waals surface area contributed by atoms with Gasteiger partial charge in [-0.15, -0.1) is 0 Å². The van der Waals surface area contributed by atoms with Gasteiger partial charge in [0, 0.05) is 43.5 Å². The van der Waals surface area contributed by atoms with E-state index >= 15 is 0 Å². The molecule has 1 atom stereocenters. The van der Waals surface area contributed by atoms with E-state index in [0.29, 0.717) is 12.8 Å². The fourth-order valence-electron chi connectivity index (χ4n) is 3.65. The average molecular weight is 324 g/mol. The van der Waals surface area contributed by atoms with E-state index in [-0.39, 0.29) is 0 Å². The second kappa shape index (κ2) is 6.36. The molecule has 2 aliphatic rings. The van der Waals surface area contributed by atoms with Gasteiger partial charge in [0.15, 0.2) is 11.5 Å². The molecule has 2 aliphatic heterocycles. The van der Waals surface area contributed by atoms with Crippen molar-refractivity contribution in [3.8, 4) is 11.5 Å². The Labute approximate surface area is 143 Å². The number of aryl methyl sites for hydroxylation is 1. The zero-order valence-electron chi connectivity index (χ0n) is 14.4. The minimum absolute atomic E-state index is 0.337. The van der Waals surface area contributed by atoms with Crippen LogP contribution in [-0.4, -0.2) is 37.4 Å². The second-order valence-electron chi connectivity index (χ2n) is 6.76. The maximum Gasteiger partial charge on any atom is 0.231 e. The van der Waals surface area contributed by atoms with Crippen molar-refractivity contribution in [2.75, 3.05) is 31.3 Å². The standard InChI is InChI=1S/C20H24N2O2/c1-15-6-8-18(9-7-15)22-11-10-21(12-16(22)2)13-17-4-3-5-19-20(17)24-14-23-19/h3-9,16H,10-14H2,1-2H3. The third-order valence-electron chi connectivity index (χ3n) is 4.95. The van der Waals surface area contributed by atoms with Gasteiger partial charge in [0.2, 0.25) is 6.79 Å². The Hall–Kier alpha value is -2.20. The van der Waals surface area contributed by atoms with Gasteiger partial charge in [-0.2, -0.15) is 0 Å². The monoisotopic (exact) mass is 324 g/mol. The predicted molar refractivity (Wildman–Crippen MR) is 95.8 cm³/mol. The fraction of sp³-hybridized carbons (Fsp3) is 0.400. The number of rotatable bonds is 3. The lowest BCUT2D eigenvalue weighted by Gasteiger charge is -2.41. The number of para-hydroxylation sites is 1. The van der Waals surface area contributed by atoms with Gasteiger partial charge in [-0.05, 0) is 32.0 Å². The van der Waals surface area contributed by atoms with E-state index in [4.69, 9.17) is 9.47 Å². The van der Waals surface area contributed by atoms with Crippen molar-refractivity contribution >= 4 is 5.69 Å². The highest BCUT2D eigenvalue weighted by atomic mass is 16.7. The Bertz CT molecular complexity index is 714. The van der Waals surface area contributed by atoms with E-state index < -0.39 is 0 Å². The highest BCUT2D eigenvalue weighted by molar-refractivity contribution is 5.50. The molecule has 0 aromatic heterocycles. The summed E-state index contributed by atoms with van der Waals surface area (Å²) in [5.41, 5.74) is 3.86. The lowest BCUT2D eigenvalue weighted by atomic mass is 10.1. The molecule has 126 valence electrons. The largest absolute Gasteiger partial charge is 0.454 e. The molecule has 0 spiro atoms. The number of anilines is 1. The normalized spacial score (nSPS) is 20.4. The molecule has 4 heteroatoms. The highest BCUT2D eigenvalue weighted by Crippen LogP contribution is 2.36. The van der Waals surface area contributed by atoms with E-state index in [1.807, 2.05) is 6.07 Å². The summed E-state index contributed by atoms with van der Waals surface area (Å²) in [6.07, 6.45) is 0. The quantitative estimate of drug-likeness (QED) is 0.863. The lowest BCUT2D eigenvalue weighted by molar-refractivity contribution is 0.170. The molecule has 4 rings (SSSR count). The van der Waals surface area contributed by atoms with Crippen LogP contribution in [-0.2, 0) is 6.54 Å². The molecule has 2 heterocycles. The van der Waals surface area contributed by atoms with Crippen LogP contribution in [0.3, 0.4) is 0 Å². The van der Waals surface area contributed by atoms with Crippen molar-refractivity contribution in [2.24, 2.45) is 0 Å². The maximum atomic E-state index is 5.64. The minimum atomic E-state index is 0.337. The van der Waals surface area contributed by atoms with Crippen molar-refractivity contribution in [3.63, 3.8) is 0 Å². The van der Waals surface area contributed by atoms with Crippen LogP contribution in [0.1, 0.15) is 18.1 Å². The first-order chi connectivity index (χ1) is 11.7. The fourth-order valence-corrected chi connectivity index (χ4v) is 3.65. The summed E-state index contributed by atoms with van der Waals surface area (Å²) in [6, 6.07) is 15.5. The Kier molecular flexibility index (Phi) is 4.07. The zero-order valence-corrected chi connectivity index (χ0v) is 14.4.